The first kappa shape index (κ1) is 38.6. The first-order valence-electron chi connectivity index (χ1n) is 10.2. The predicted molar refractivity (Wildman–Crippen MR) is 119 cm³/mol. The summed E-state index contributed by atoms with van der Waals surface area (Å²) < 4.78 is 19.6. The molecule has 186 valence electrons. The van der Waals surface area contributed by atoms with Gasteiger partial charge in [-0.05, 0) is 33.6 Å². The zero-order valence-electron chi connectivity index (χ0n) is 21.9. The second-order valence-electron chi connectivity index (χ2n) is 7.82. The standard InChI is InChI=1S/C9H18O4.C7H11O2.C4H8O.C2H6O2.Na.H/c1-9(2,3)13-8(11)4-6-12-7-5-10;1-5-6(8)9-7(2,3)4;1-2-4-5-3-1;3-1-2-4;;/h10H,4-7H2,1-3H3;5H,1-2H2,3-4H3;1-4H2;3-4H,1-2H2;;/q;+1;;;+1;-1. The molecule has 0 aromatic carbocycles. The van der Waals surface area contributed by atoms with E-state index in [-0.39, 0.29) is 69.8 Å². The summed E-state index contributed by atoms with van der Waals surface area (Å²) in [7, 11) is 0. The first-order valence-corrected chi connectivity index (χ1v) is 10.2. The molecule has 0 aromatic heterocycles. The monoisotopic (exact) mass is 475 g/mol. The molecule has 1 aliphatic rings. The summed E-state index contributed by atoms with van der Waals surface area (Å²) in [6.45, 7) is 18.0. The molecule has 1 rings (SSSR count). The number of esters is 2. The minimum absolute atomic E-state index is 0. The number of hydrogen-bond acceptors (Lipinski definition) is 9. The number of hydrogen-bond donors (Lipinski definition) is 3. The number of aliphatic hydroxyl groups excluding tert-OH is 3. The van der Waals surface area contributed by atoms with Gasteiger partial charge in [0.1, 0.15) is 12.5 Å². The van der Waals surface area contributed by atoms with Crippen molar-refractivity contribution >= 4 is 11.9 Å². The van der Waals surface area contributed by atoms with E-state index >= 15 is 0 Å². The number of carbonyl (C=O) groups excluding carboxylic acids is 2. The van der Waals surface area contributed by atoms with Crippen molar-refractivity contribution in [3.8, 4) is 0 Å². The van der Waals surface area contributed by atoms with E-state index in [2.05, 4.69) is 13.5 Å². The van der Waals surface area contributed by atoms with E-state index in [1.165, 1.54) is 12.8 Å². The Morgan fingerprint density at radius 2 is 1.50 bits per heavy atom. The molecule has 0 aliphatic carbocycles. The van der Waals surface area contributed by atoms with Crippen LogP contribution in [0.3, 0.4) is 0 Å². The molecular formula is C22H44NaO9+. The maximum Gasteiger partial charge on any atom is 1.00 e. The van der Waals surface area contributed by atoms with Gasteiger partial charge in [0.25, 0.3) is 0 Å². The molecule has 1 saturated heterocycles. The maximum atomic E-state index is 11.1. The number of carbonyl (C=O) groups is 2. The second kappa shape index (κ2) is 25.0. The Morgan fingerprint density at radius 1 is 1.00 bits per heavy atom. The smallest absolute Gasteiger partial charge is 1.00 e. The van der Waals surface area contributed by atoms with Crippen LogP contribution in [-0.2, 0) is 28.5 Å². The summed E-state index contributed by atoms with van der Waals surface area (Å²) in [6.07, 6.45) is 3.91. The van der Waals surface area contributed by atoms with Gasteiger partial charge in [0.15, 0.2) is 0 Å². The van der Waals surface area contributed by atoms with Gasteiger partial charge in [0.2, 0.25) is 5.60 Å². The molecule has 0 saturated carbocycles. The molecule has 0 amide bonds. The molecule has 32 heavy (non-hydrogen) atoms. The average Bonchev–Trinajstić information content (AvgIpc) is 3.23. The van der Waals surface area contributed by atoms with Crippen LogP contribution >= 0.6 is 0 Å². The number of rotatable bonds is 8. The Morgan fingerprint density at radius 3 is 1.75 bits per heavy atom. The molecule has 0 atom stereocenters. The molecule has 10 heteroatoms. The largest absolute Gasteiger partial charge is 1.00 e. The van der Waals surface area contributed by atoms with Gasteiger partial charge in [-0.2, -0.15) is 0 Å². The third-order valence-corrected chi connectivity index (χ3v) is 2.58. The van der Waals surface area contributed by atoms with Crippen LogP contribution in [0.15, 0.2) is 12.7 Å². The summed E-state index contributed by atoms with van der Waals surface area (Å²) in [5, 5.41) is 23.6. The van der Waals surface area contributed by atoms with Crippen LogP contribution in [0.25, 0.3) is 0 Å². The normalized spacial score (nSPS) is 12.2. The van der Waals surface area contributed by atoms with Gasteiger partial charge in [-0.15, -0.1) is 0 Å². The molecule has 0 unspecified atom stereocenters. The van der Waals surface area contributed by atoms with Gasteiger partial charge >= 0.3 is 41.5 Å². The zero-order chi connectivity index (χ0) is 24.8. The van der Waals surface area contributed by atoms with E-state index in [9.17, 15) is 9.59 Å². The minimum Gasteiger partial charge on any atom is -1.00 e. The summed E-state index contributed by atoms with van der Waals surface area (Å²) >= 11 is 0. The van der Waals surface area contributed by atoms with Crippen LogP contribution in [0.5, 0.6) is 0 Å². The van der Waals surface area contributed by atoms with Crippen LogP contribution in [0.2, 0.25) is 0 Å². The van der Waals surface area contributed by atoms with Crippen molar-refractivity contribution < 1.29 is 74.8 Å². The Balaban J connectivity index is -0.000000113. The van der Waals surface area contributed by atoms with E-state index < -0.39 is 17.2 Å². The maximum absolute atomic E-state index is 11.1. The van der Waals surface area contributed by atoms with E-state index in [0.29, 0.717) is 6.61 Å². The molecule has 9 nitrogen and oxygen atoms in total. The topological polar surface area (TPSA) is 132 Å². The molecule has 1 aliphatic heterocycles. The van der Waals surface area contributed by atoms with E-state index in [1.54, 1.807) is 13.8 Å². The average molecular weight is 476 g/mol. The van der Waals surface area contributed by atoms with E-state index in [0.717, 1.165) is 19.3 Å². The van der Waals surface area contributed by atoms with Crippen LogP contribution in [0, 0.1) is 6.92 Å². The van der Waals surface area contributed by atoms with Gasteiger partial charge in [0, 0.05) is 33.1 Å². The summed E-state index contributed by atoms with van der Waals surface area (Å²) in [4.78, 5) is 21.5. The Kier molecular flexibility index (Phi) is 30.1. The van der Waals surface area contributed by atoms with Gasteiger partial charge in [-0.3, -0.25) is 4.79 Å². The Labute approximate surface area is 217 Å². The molecular weight excluding hydrogens is 431 g/mol. The minimum atomic E-state index is -0.648. The molecule has 1 heterocycles. The second-order valence-corrected chi connectivity index (χ2v) is 7.82. The number of ether oxygens (including phenoxy) is 4. The number of aliphatic hydroxyl groups is 3. The van der Waals surface area contributed by atoms with Crippen LogP contribution in [-0.4, -0.2) is 84.7 Å². The molecule has 3 N–H and O–H groups in total. The fourth-order valence-corrected chi connectivity index (χ4v) is 1.54. The van der Waals surface area contributed by atoms with Crippen molar-refractivity contribution in [2.45, 2.75) is 65.1 Å². The van der Waals surface area contributed by atoms with Crippen molar-refractivity contribution in [1.82, 2.24) is 0 Å². The zero-order valence-corrected chi connectivity index (χ0v) is 22.9. The van der Waals surface area contributed by atoms with Gasteiger partial charge in [0.05, 0.1) is 39.5 Å². The van der Waals surface area contributed by atoms with E-state index in [4.69, 9.17) is 34.3 Å². The third kappa shape index (κ3) is 43.3. The molecule has 0 spiro atoms. The van der Waals surface area contributed by atoms with Gasteiger partial charge < -0.3 is 35.7 Å². The van der Waals surface area contributed by atoms with Crippen LogP contribution in [0.4, 0.5) is 0 Å². The quantitative estimate of drug-likeness (QED) is 0.132. The van der Waals surface area contributed by atoms with Crippen molar-refractivity contribution in [2.75, 3.05) is 46.2 Å². The van der Waals surface area contributed by atoms with Crippen molar-refractivity contribution in [3.63, 3.8) is 0 Å². The molecule has 0 radical (unpaired) electrons. The van der Waals surface area contributed by atoms with Crippen LogP contribution in [0.1, 0.15) is 55.3 Å². The summed E-state index contributed by atoms with van der Waals surface area (Å²) in [6, 6.07) is 0. The van der Waals surface area contributed by atoms with Gasteiger partial charge in [-0.25, -0.2) is 4.79 Å². The van der Waals surface area contributed by atoms with Crippen molar-refractivity contribution in [1.29, 1.82) is 0 Å². The Hall–Kier alpha value is -0.650. The summed E-state index contributed by atoms with van der Waals surface area (Å²) in [5.74, 6) is -0.708. The van der Waals surface area contributed by atoms with Gasteiger partial charge in [-0.1, -0.05) is 6.58 Å². The Bertz CT molecular complexity index is 437. The summed E-state index contributed by atoms with van der Waals surface area (Å²) in [5.41, 5.74) is -1.08. The fourth-order valence-electron chi connectivity index (χ4n) is 1.54. The van der Waals surface area contributed by atoms with Crippen LogP contribution < -0.4 is 29.6 Å². The third-order valence-electron chi connectivity index (χ3n) is 2.58. The fraction of sp³-hybridized carbons (Fsp3) is 0.773. The van der Waals surface area contributed by atoms with Crippen molar-refractivity contribution in [3.05, 3.63) is 19.6 Å². The first-order chi connectivity index (χ1) is 14.3. The predicted octanol–water partition coefficient (Wildman–Crippen LogP) is -1.06. The molecule has 0 aromatic rings. The molecule has 0 bridgehead atoms. The molecule has 1 fully saturated rings. The van der Waals surface area contributed by atoms with Crippen molar-refractivity contribution in [2.24, 2.45) is 0 Å². The van der Waals surface area contributed by atoms with E-state index in [1.807, 2.05) is 20.8 Å². The SMILES string of the molecule is C1CCOC1.C=CC(=O)OC([CH2+])(C)C.CC(C)(C)OC(=O)CCOCCO.OCCO.[H-].[Na+].